The van der Waals surface area contributed by atoms with E-state index in [-0.39, 0.29) is 11.8 Å². The summed E-state index contributed by atoms with van der Waals surface area (Å²) in [5, 5.41) is 3.78. The second-order valence-corrected chi connectivity index (χ2v) is 7.43. The number of amides is 2. The van der Waals surface area contributed by atoms with E-state index in [2.05, 4.69) is 5.32 Å². The Balaban J connectivity index is 1.68. The molecule has 114 valence electrons. The molecule has 0 saturated heterocycles. The van der Waals surface area contributed by atoms with Gasteiger partial charge in [-0.05, 0) is 37.5 Å². The van der Waals surface area contributed by atoms with Crippen molar-refractivity contribution in [1.82, 2.24) is 5.32 Å². The van der Waals surface area contributed by atoms with Gasteiger partial charge in [-0.2, -0.15) is 0 Å². The lowest BCUT2D eigenvalue weighted by molar-refractivity contribution is -0.120. The maximum absolute atomic E-state index is 12.7. The van der Waals surface area contributed by atoms with E-state index in [1.807, 2.05) is 31.2 Å². The van der Waals surface area contributed by atoms with Crippen molar-refractivity contribution in [3.63, 3.8) is 0 Å². The number of fused-ring (bicyclic) bond motifs is 1. The van der Waals surface area contributed by atoms with Crippen LogP contribution in [0.25, 0.3) is 0 Å². The van der Waals surface area contributed by atoms with Gasteiger partial charge >= 0.3 is 0 Å². The van der Waals surface area contributed by atoms with Gasteiger partial charge in [0.15, 0.2) is 0 Å². The van der Waals surface area contributed by atoms with E-state index in [9.17, 15) is 9.59 Å². The van der Waals surface area contributed by atoms with E-state index in [0.29, 0.717) is 27.6 Å². The SMILES string of the molecule is Cc1cccc(N2C(=O)C3=C(SC4CCCCC4N3)C2=O)c1. The summed E-state index contributed by atoms with van der Waals surface area (Å²) in [5.74, 6) is -0.380. The van der Waals surface area contributed by atoms with Crippen molar-refractivity contribution in [3.05, 3.63) is 40.4 Å². The van der Waals surface area contributed by atoms with Gasteiger partial charge in [-0.3, -0.25) is 9.59 Å². The van der Waals surface area contributed by atoms with Crippen molar-refractivity contribution < 1.29 is 9.59 Å². The number of imide groups is 1. The molecular formula is C17H18N2O2S. The number of anilines is 1. The highest BCUT2D eigenvalue weighted by Crippen LogP contribution is 2.43. The van der Waals surface area contributed by atoms with Gasteiger partial charge < -0.3 is 5.32 Å². The molecule has 5 heteroatoms. The third-order valence-electron chi connectivity index (χ3n) is 4.60. The van der Waals surface area contributed by atoms with Gasteiger partial charge in [0.05, 0.1) is 5.69 Å². The molecule has 4 rings (SSSR count). The Morgan fingerprint density at radius 2 is 2.00 bits per heavy atom. The normalized spacial score (nSPS) is 27.6. The molecule has 0 aromatic heterocycles. The highest BCUT2D eigenvalue weighted by molar-refractivity contribution is 8.04. The zero-order chi connectivity index (χ0) is 15.3. The van der Waals surface area contributed by atoms with Crippen LogP contribution in [0.3, 0.4) is 0 Å². The molecule has 22 heavy (non-hydrogen) atoms. The highest BCUT2D eigenvalue weighted by Gasteiger charge is 2.46. The molecule has 1 aromatic rings. The lowest BCUT2D eigenvalue weighted by Crippen LogP contribution is -2.44. The van der Waals surface area contributed by atoms with Crippen LogP contribution in [0, 0.1) is 6.92 Å². The minimum Gasteiger partial charge on any atom is -0.376 e. The number of benzene rings is 1. The van der Waals surface area contributed by atoms with Crippen molar-refractivity contribution in [1.29, 1.82) is 0 Å². The van der Waals surface area contributed by atoms with Crippen LogP contribution in [-0.2, 0) is 9.59 Å². The fourth-order valence-electron chi connectivity index (χ4n) is 3.49. The van der Waals surface area contributed by atoms with Gasteiger partial charge in [0.2, 0.25) is 0 Å². The summed E-state index contributed by atoms with van der Waals surface area (Å²) in [5.41, 5.74) is 2.21. The number of thioether (sulfide) groups is 1. The van der Waals surface area contributed by atoms with Crippen LogP contribution in [0.2, 0.25) is 0 Å². The van der Waals surface area contributed by atoms with E-state index in [1.165, 1.54) is 17.7 Å². The second-order valence-electron chi connectivity index (χ2n) is 6.18. The molecule has 2 unspecified atom stereocenters. The van der Waals surface area contributed by atoms with Gasteiger partial charge in [0.1, 0.15) is 10.6 Å². The molecule has 3 aliphatic rings. The van der Waals surface area contributed by atoms with Gasteiger partial charge in [-0.25, -0.2) is 4.90 Å². The topological polar surface area (TPSA) is 49.4 Å². The Morgan fingerprint density at radius 3 is 2.82 bits per heavy atom. The maximum Gasteiger partial charge on any atom is 0.282 e. The predicted octanol–water partition coefficient (Wildman–Crippen LogP) is 2.73. The maximum atomic E-state index is 12.7. The second kappa shape index (κ2) is 5.16. The first-order chi connectivity index (χ1) is 10.6. The molecule has 0 bridgehead atoms. The largest absolute Gasteiger partial charge is 0.376 e. The summed E-state index contributed by atoms with van der Waals surface area (Å²) in [7, 11) is 0. The van der Waals surface area contributed by atoms with Crippen LogP contribution >= 0.6 is 11.8 Å². The van der Waals surface area contributed by atoms with E-state index < -0.39 is 0 Å². The number of nitrogens with zero attached hydrogens (tertiary/aromatic N) is 1. The lowest BCUT2D eigenvalue weighted by Gasteiger charge is -2.35. The van der Waals surface area contributed by atoms with Crippen LogP contribution in [0.1, 0.15) is 31.2 Å². The lowest BCUT2D eigenvalue weighted by atomic mass is 9.94. The Morgan fingerprint density at radius 1 is 1.18 bits per heavy atom. The van der Waals surface area contributed by atoms with E-state index >= 15 is 0 Å². The molecule has 2 aliphatic heterocycles. The molecule has 1 aliphatic carbocycles. The number of carbonyl (C=O) groups is 2. The molecule has 1 fully saturated rings. The summed E-state index contributed by atoms with van der Waals surface area (Å²) in [6.45, 7) is 1.96. The molecule has 2 amide bonds. The van der Waals surface area contributed by atoms with Crippen LogP contribution in [0.15, 0.2) is 34.9 Å². The van der Waals surface area contributed by atoms with Crippen molar-refractivity contribution in [2.75, 3.05) is 4.90 Å². The summed E-state index contributed by atoms with van der Waals surface area (Å²) in [4.78, 5) is 27.4. The van der Waals surface area contributed by atoms with Crippen molar-refractivity contribution in [2.24, 2.45) is 0 Å². The standard InChI is InChI=1S/C17H18N2O2S/c1-10-5-4-6-11(9-10)19-16(20)14-15(17(19)21)22-13-8-3-2-7-12(13)18-14/h4-6,9,12-13,18H,2-3,7-8H2,1H3. The van der Waals surface area contributed by atoms with Gasteiger partial charge in [0, 0.05) is 11.3 Å². The quantitative estimate of drug-likeness (QED) is 0.810. The monoisotopic (exact) mass is 314 g/mol. The van der Waals surface area contributed by atoms with Crippen LogP contribution in [0.5, 0.6) is 0 Å². The fraction of sp³-hybridized carbons (Fsp3) is 0.412. The number of rotatable bonds is 1. The van der Waals surface area contributed by atoms with Gasteiger partial charge in [-0.1, -0.05) is 25.0 Å². The average molecular weight is 314 g/mol. The molecule has 1 N–H and O–H groups in total. The molecule has 4 nitrogen and oxygen atoms in total. The first-order valence-corrected chi connectivity index (χ1v) is 8.66. The minimum absolute atomic E-state index is 0.174. The number of aryl methyl sites for hydroxylation is 1. The van der Waals surface area contributed by atoms with E-state index in [0.717, 1.165) is 18.4 Å². The van der Waals surface area contributed by atoms with E-state index in [4.69, 9.17) is 0 Å². The smallest absolute Gasteiger partial charge is 0.282 e. The summed E-state index contributed by atoms with van der Waals surface area (Å²) in [6, 6.07) is 7.86. The molecule has 2 atom stereocenters. The third kappa shape index (κ3) is 2.07. The Labute approximate surface area is 133 Å². The van der Waals surface area contributed by atoms with Crippen LogP contribution in [-0.4, -0.2) is 23.1 Å². The summed E-state index contributed by atoms with van der Waals surface area (Å²) < 4.78 is 0. The molecule has 2 heterocycles. The number of hydrogen-bond acceptors (Lipinski definition) is 4. The zero-order valence-electron chi connectivity index (χ0n) is 12.5. The zero-order valence-corrected chi connectivity index (χ0v) is 13.3. The molecular weight excluding hydrogens is 296 g/mol. The highest BCUT2D eigenvalue weighted by atomic mass is 32.2. The first kappa shape index (κ1) is 13.9. The molecule has 1 saturated carbocycles. The van der Waals surface area contributed by atoms with Crippen molar-refractivity contribution >= 4 is 29.3 Å². The Hall–Kier alpha value is -1.75. The number of hydrogen-bond donors (Lipinski definition) is 1. The Kier molecular flexibility index (Phi) is 3.26. The van der Waals surface area contributed by atoms with Crippen LogP contribution in [0.4, 0.5) is 5.69 Å². The fourth-order valence-corrected chi connectivity index (χ4v) is 4.90. The van der Waals surface area contributed by atoms with Crippen LogP contribution < -0.4 is 10.2 Å². The van der Waals surface area contributed by atoms with Gasteiger partial charge in [-0.15, -0.1) is 11.8 Å². The number of nitrogens with one attached hydrogen (secondary N) is 1. The number of carbonyl (C=O) groups excluding carboxylic acids is 2. The third-order valence-corrected chi connectivity index (χ3v) is 6.08. The molecule has 0 radical (unpaired) electrons. The summed E-state index contributed by atoms with van der Waals surface area (Å²) >= 11 is 1.61. The predicted molar refractivity (Wildman–Crippen MR) is 87.5 cm³/mol. The molecule has 0 spiro atoms. The van der Waals surface area contributed by atoms with Gasteiger partial charge in [0.25, 0.3) is 11.8 Å². The van der Waals surface area contributed by atoms with Crippen molar-refractivity contribution in [2.45, 2.75) is 43.9 Å². The van der Waals surface area contributed by atoms with E-state index in [1.54, 1.807) is 11.8 Å². The minimum atomic E-state index is -0.206. The summed E-state index contributed by atoms with van der Waals surface area (Å²) in [6.07, 6.45) is 4.61. The average Bonchev–Trinajstić information content (AvgIpc) is 2.76. The first-order valence-electron chi connectivity index (χ1n) is 7.78. The van der Waals surface area contributed by atoms with Crippen molar-refractivity contribution in [3.8, 4) is 0 Å². The molecule has 1 aromatic carbocycles. The Bertz CT molecular complexity index is 662.